The van der Waals surface area contributed by atoms with Gasteiger partial charge < -0.3 is 127 Å². The van der Waals surface area contributed by atoms with Gasteiger partial charge in [0.05, 0.1) is 213 Å². The molecular formula is C95H135N7O28. The predicted octanol–water partition coefficient (Wildman–Crippen LogP) is 6.03. The molecule has 7 aliphatic rings. The van der Waals surface area contributed by atoms with Crippen molar-refractivity contribution in [2.45, 2.75) is 165 Å². The van der Waals surface area contributed by atoms with Crippen LogP contribution < -0.4 is 30.9 Å². The molecule has 0 unspecified atom stereocenters. The van der Waals surface area contributed by atoms with E-state index in [1.807, 2.05) is 53.1 Å². The maximum Gasteiger partial charge on any atom is 0.252 e. The average Bonchev–Trinajstić information content (AvgIpc) is 1.19. The Labute approximate surface area is 761 Å². The number of rotatable bonds is 58. The third-order valence-electron chi connectivity index (χ3n) is 25.0. The molecule has 11 rings (SSSR count). The summed E-state index contributed by atoms with van der Waals surface area (Å²) in [6.45, 7) is 19.3. The van der Waals surface area contributed by atoms with Crippen molar-refractivity contribution in [1.82, 2.24) is 31.1 Å². The lowest BCUT2D eigenvalue weighted by molar-refractivity contribution is -0.247. The predicted molar refractivity (Wildman–Crippen MR) is 474 cm³/mol. The summed E-state index contributed by atoms with van der Waals surface area (Å²) in [5.41, 5.74) is -0.178. The molecule has 4 aliphatic heterocycles. The minimum Gasteiger partial charge on any atom is -0.507 e. The Morgan fingerprint density at radius 2 is 1.18 bits per heavy atom. The first kappa shape index (κ1) is 102. The third-order valence-corrected chi connectivity index (χ3v) is 25.0. The molecule has 8 atom stereocenters. The molecule has 4 saturated heterocycles. The number of methoxy groups -OCH3 is 2. The van der Waals surface area contributed by atoms with E-state index in [4.69, 9.17) is 80.5 Å². The number of amides is 6. The van der Waals surface area contributed by atoms with Crippen molar-refractivity contribution >= 4 is 58.8 Å². The van der Waals surface area contributed by atoms with Crippen molar-refractivity contribution in [3.05, 3.63) is 123 Å². The number of phenolic OH excluding ortho intramolecular Hbond substituents is 2. The largest absolute Gasteiger partial charge is 0.507 e. The van der Waals surface area contributed by atoms with Gasteiger partial charge in [0.25, 0.3) is 5.91 Å². The van der Waals surface area contributed by atoms with Crippen molar-refractivity contribution < 1.29 is 134 Å². The number of aromatic hydroxyl groups is 2. The fraction of sp³-hybridized carbons (Fsp3) is 0.642. The fourth-order valence-corrected chi connectivity index (χ4v) is 17.9. The second-order valence-electron chi connectivity index (χ2n) is 33.5. The molecule has 35 heteroatoms. The highest BCUT2D eigenvalue weighted by Crippen LogP contribution is 2.54. The highest BCUT2D eigenvalue weighted by Gasteiger charge is 2.54. The molecule has 1 saturated carbocycles. The number of aryl methyl sites for hydroxylation is 1. The molecule has 4 aromatic carbocycles. The van der Waals surface area contributed by atoms with Crippen LogP contribution in [0.5, 0.6) is 17.2 Å². The second kappa shape index (κ2) is 53.4. The van der Waals surface area contributed by atoms with Gasteiger partial charge in [-0.3, -0.25) is 43.3 Å². The van der Waals surface area contributed by atoms with E-state index in [2.05, 4.69) is 51.8 Å². The zero-order valence-electron chi connectivity index (χ0n) is 75.9. The van der Waals surface area contributed by atoms with Crippen LogP contribution >= 0.6 is 0 Å². The molecule has 5 fully saturated rings. The summed E-state index contributed by atoms with van der Waals surface area (Å²) in [5, 5.41) is 48.5. The van der Waals surface area contributed by atoms with Crippen LogP contribution in [0.3, 0.4) is 0 Å². The van der Waals surface area contributed by atoms with E-state index in [-0.39, 0.29) is 128 Å². The number of hydrogen-bond donors (Lipinski definition) is 7. The number of unbranched alkanes of at least 4 members (excludes halogenated alkanes) is 1. The molecule has 0 radical (unpaired) electrons. The van der Waals surface area contributed by atoms with Gasteiger partial charge in [-0.25, -0.2) is 0 Å². The first-order valence-corrected chi connectivity index (χ1v) is 46.0. The van der Waals surface area contributed by atoms with Crippen molar-refractivity contribution in [3.63, 3.8) is 0 Å². The van der Waals surface area contributed by atoms with Crippen LogP contribution in [-0.4, -0.2) is 333 Å². The van der Waals surface area contributed by atoms with E-state index in [9.17, 15) is 53.7 Å². The summed E-state index contributed by atoms with van der Waals surface area (Å²) in [7, 11) is 2.96. The number of ketones is 2. The van der Waals surface area contributed by atoms with E-state index in [0.29, 0.717) is 204 Å². The van der Waals surface area contributed by atoms with Gasteiger partial charge in [0.2, 0.25) is 35.3 Å². The highest BCUT2D eigenvalue weighted by molar-refractivity contribution is 6.31. The van der Waals surface area contributed by atoms with Gasteiger partial charge in [-0.05, 0) is 98.9 Å². The molecule has 0 bridgehead atoms. The normalized spacial score (nSPS) is 20.8. The highest BCUT2D eigenvalue weighted by atomic mass is 16.7. The summed E-state index contributed by atoms with van der Waals surface area (Å²) in [5.74, 6) is -5.92. The zero-order valence-corrected chi connectivity index (χ0v) is 75.9. The summed E-state index contributed by atoms with van der Waals surface area (Å²) in [6, 6.07) is 18.8. The van der Waals surface area contributed by atoms with E-state index >= 15 is 0 Å². The van der Waals surface area contributed by atoms with Gasteiger partial charge >= 0.3 is 0 Å². The summed E-state index contributed by atoms with van der Waals surface area (Å²) in [6.07, 6.45) is 3.60. The lowest BCUT2D eigenvalue weighted by Crippen LogP contribution is -2.56. The molecule has 0 aromatic heterocycles. The minimum absolute atomic E-state index is 0.0210. The molecule has 35 nitrogen and oxygen atoms in total. The number of likely N-dealkylation sites (tertiary alicyclic amines) is 1. The number of carbonyl (C=O) groups excluding carboxylic acids is 8. The van der Waals surface area contributed by atoms with Crippen LogP contribution in [0.25, 0.3) is 6.08 Å². The molecule has 3 aliphatic carbocycles. The lowest BCUT2D eigenvalue weighted by Gasteiger charge is -2.45. The summed E-state index contributed by atoms with van der Waals surface area (Å²) < 4.78 is 96.5. The Morgan fingerprint density at radius 3 is 1.78 bits per heavy atom. The number of carbonyl (C=O) groups is 8. The molecule has 6 amide bonds. The lowest BCUT2D eigenvalue weighted by atomic mass is 9.65. The summed E-state index contributed by atoms with van der Waals surface area (Å²) >= 11 is 0. The first-order chi connectivity index (χ1) is 63.3. The number of phenols is 2. The van der Waals surface area contributed by atoms with Gasteiger partial charge in [0.1, 0.15) is 41.2 Å². The number of fused-ring (bicyclic) bond motifs is 6. The number of nitrogens with one attached hydrogen (secondary N) is 4. The Balaban J connectivity index is 0.615. The Kier molecular flexibility index (Phi) is 41.9. The maximum absolute atomic E-state index is 14.7. The van der Waals surface area contributed by atoms with Crippen molar-refractivity contribution in [2.24, 2.45) is 11.3 Å². The van der Waals surface area contributed by atoms with Gasteiger partial charge in [0.15, 0.2) is 12.1 Å². The number of benzene rings is 4. The van der Waals surface area contributed by atoms with Crippen LogP contribution in [0.2, 0.25) is 0 Å². The molecule has 4 heterocycles. The van der Waals surface area contributed by atoms with Crippen molar-refractivity contribution in [3.8, 4) is 17.2 Å². The molecule has 130 heavy (non-hydrogen) atoms. The Bertz CT molecular complexity index is 4290. The quantitative estimate of drug-likeness (QED) is 0.0173. The van der Waals surface area contributed by atoms with Crippen LogP contribution in [0, 0.1) is 11.3 Å². The summed E-state index contributed by atoms with van der Waals surface area (Å²) in [4.78, 5) is 120. The number of piperidine rings is 1. The van der Waals surface area contributed by atoms with Crippen LogP contribution in [-0.2, 0) is 124 Å². The SMILES string of the molecule is C=Cc1ccccc1N(Cc1ccccc1CC)C(=O)CCCCC(=O)N1CCC2(CCC(C(=O)N[C@@H](CNC(=O)CCOCCOCCOCCOCCOCCOCCOCCOCCOCCOCCOCCOC)C(=O)NCCNC(=O)[C@]3(O)Cc4c(O)c5c(c(O)c4[C@@H](O[C@H]4C[C@H]6[C@H](O[C@@H]7COCCN76)[C@H](C)O4)C3)C(=O)c3c(OC)cccc3C5=O)CC2)CC1. The Hall–Kier alpha value is -8.54. The van der Waals surface area contributed by atoms with Crippen LogP contribution in [0.15, 0.2) is 73.3 Å². The van der Waals surface area contributed by atoms with E-state index < -0.39 is 101 Å². The number of anilines is 1. The first-order valence-electron chi connectivity index (χ1n) is 46.0. The monoisotopic (exact) mass is 1820 g/mol. The Morgan fingerprint density at radius 1 is 0.623 bits per heavy atom. The van der Waals surface area contributed by atoms with Crippen LogP contribution in [0.4, 0.5) is 5.69 Å². The number of nitrogens with zero attached hydrogens (tertiary/aromatic N) is 3. The van der Waals surface area contributed by atoms with E-state index in [0.717, 1.165) is 48.9 Å². The van der Waals surface area contributed by atoms with E-state index in [1.54, 1.807) is 13.2 Å². The third kappa shape index (κ3) is 29.0. The number of para-hydroxylation sites is 1. The average molecular weight is 1820 g/mol. The standard InChI is InChI=1S/C95H135N7O28/c1-6-66-15-8-9-17-69(66)63-102(73-19-11-10-16-67(73)7-2)79(105)22-13-12-21-78(104)100-32-28-94(29-33-100)26-23-68(24-27-94)91(110)99-72(62-98-77(103)25-35-116-39-40-118-43-44-120-47-48-122-51-52-124-55-56-126-58-57-125-54-53-123-50-49-121-46-45-119-42-41-117-38-37-114-4)92(111)96-30-31-97-93(112)95(113)60-71-83(76(61-95)129-81-59-74-90(65(3)128-81)130-80-64-127-36-34-101(74)80)89(109)85-84(87(71)107)86(106)70-18-14-20-75(115-5)82(70)88(85)108/h7-11,14-20,65,68,72,74,76,80-81,90,107,109,113H,2,6,12-13,21-64H2,1,3-5H3,(H,96,111)(H,97,112)(H,98,103)(H,99,110)/t65-,72-,74-,76-,80+,81-,90+,95-/m0/s1. The van der Waals surface area contributed by atoms with E-state index in [1.165, 1.54) is 30.9 Å². The molecule has 4 aromatic rings. The second-order valence-corrected chi connectivity index (χ2v) is 33.5. The van der Waals surface area contributed by atoms with Crippen molar-refractivity contribution in [2.75, 3.05) is 224 Å². The minimum atomic E-state index is -2.42. The van der Waals surface area contributed by atoms with Crippen molar-refractivity contribution in [1.29, 1.82) is 0 Å². The van der Waals surface area contributed by atoms with Gasteiger partial charge in [-0.15, -0.1) is 0 Å². The molecule has 1 spiro atoms. The van der Waals surface area contributed by atoms with Gasteiger partial charge in [-0.1, -0.05) is 74.2 Å². The number of hydrogen-bond acceptors (Lipinski definition) is 29. The maximum atomic E-state index is 14.7. The number of aliphatic hydroxyl groups is 1. The van der Waals surface area contributed by atoms with Gasteiger partial charge in [0, 0.05) is 114 Å². The molecular weight excluding hydrogens is 1690 g/mol. The molecule has 7 N–H and O–H groups in total. The zero-order chi connectivity index (χ0) is 92.0. The topological polar surface area (TPSA) is 412 Å². The van der Waals surface area contributed by atoms with Gasteiger partial charge in [-0.2, -0.15) is 0 Å². The van der Waals surface area contributed by atoms with Crippen LogP contribution in [0.1, 0.15) is 163 Å². The smallest absolute Gasteiger partial charge is 0.252 e. The number of morpholine rings is 1. The number of ether oxygens (including phenoxy) is 17. The fourth-order valence-electron chi connectivity index (χ4n) is 17.9. The molecule has 718 valence electrons.